The Kier molecular flexibility index (Phi) is 5.03. The number of hydrogen-bond donors (Lipinski definition) is 0. The second kappa shape index (κ2) is 7.44. The van der Waals surface area contributed by atoms with Crippen molar-refractivity contribution >= 4 is 23.7 Å². The second-order valence-electron chi connectivity index (χ2n) is 8.71. The van der Waals surface area contributed by atoms with Gasteiger partial charge >= 0.3 is 12.0 Å². The van der Waals surface area contributed by atoms with Crippen molar-refractivity contribution in [3.05, 3.63) is 52.3 Å². The number of nitrogens with zero attached hydrogens (tertiary/aromatic N) is 6. The van der Waals surface area contributed by atoms with Crippen LogP contribution in [0.1, 0.15) is 41.9 Å². The second-order valence-corrected chi connectivity index (χ2v) is 8.71. The van der Waals surface area contributed by atoms with Gasteiger partial charge in [0.25, 0.3) is 5.91 Å². The van der Waals surface area contributed by atoms with E-state index in [4.69, 9.17) is 4.99 Å². The molecule has 162 valence electrons. The van der Waals surface area contributed by atoms with Gasteiger partial charge in [0.05, 0.1) is 18.3 Å². The van der Waals surface area contributed by atoms with Crippen LogP contribution in [0.15, 0.2) is 29.3 Å². The van der Waals surface area contributed by atoms with E-state index >= 15 is 0 Å². The Morgan fingerprint density at radius 3 is 2.42 bits per heavy atom. The number of aliphatic imine (C=N–C) groups is 1. The molecule has 0 bridgehead atoms. The van der Waals surface area contributed by atoms with Gasteiger partial charge in [-0.15, -0.1) is 9.78 Å². The Balaban J connectivity index is 1.80. The summed E-state index contributed by atoms with van der Waals surface area (Å²) in [6.07, 6.45) is 0. The molecule has 8 heteroatoms. The normalized spacial score (nSPS) is 19.0. The number of rotatable bonds is 3. The molecule has 1 saturated heterocycles. The fourth-order valence-corrected chi connectivity index (χ4v) is 4.27. The van der Waals surface area contributed by atoms with Crippen LogP contribution in [0.3, 0.4) is 0 Å². The van der Waals surface area contributed by atoms with Gasteiger partial charge in [0.1, 0.15) is 5.69 Å². The molecule has 3 amide bonds. The highest BCUT2D eigenvalue weighted by Gasteiger charge is 2.53. The van der Waals surface area contributed by atoms with Crippen LogP contribution in [0.25, 0.3) is 0 Å². The highest BCUT2D eigenvalue weighted by Crippen LogP contribution is 2.25. The van der Waals surface area contributed by atoms with Crippen molar-refractivity contribution < 1.29 is 14.2 Å². The van der Waals surface area contributed by atoms with Crippen molar-refractivity contribution in [2.24, 2.45) is 4.99 Å². The Morgan fingerprint density at radius 1 is 1.10 bits per heavy atom. The fraction of sp³-hybridized carbons (Fsp3) is 0.435. The van der Waals surface area contributed by atoms with Crippen LogP contribution >= 0.6 is 0 Å². The summed E-state index contributed by atoms with van der Waals surface area (Å²) in [7, 11) is 1.68. The largest absolute Gasteiger partial charge is 0.421 e. The van der Waals surface area contributed by atoms with E-state index in [-0.39, 0.29) is 24.5 Å². The molecule has 3 heterocycles. The first-order valence-corrected chi connectivity index (χ1v) is 10.5. The van der Waals surface area contributed by atoms with E-state index in [1.807, 2.05) is 70.4 Å². The zero-order valence-electron chi connectivity index (χ0n) is 19.2. The number of urea groups is 1. The number of carbonyl (C=O) groups is 2. The SMILES string of the molecule is Cc1ccc(C)c(CN2C(=O)C3C(=NC(n4nc(C)cc4C)=[N+]3C(C)C)N(C)C2=O)c1. The Hall–Kier alpha value is -3.29. The van der Waals surface area contributed by atoms with Crippen LogP contribution in [-0.4, -0.2) is 67.0 Å². The van der Waals surface area contributed by atoms with Crippen molar-refractivity contribution in [2.45, 2.75) is 60.2 Å². The molecular weight excluding hydrogens is 392 g/mol. The molecule has 1 aromatic heterocycles. The lowest BCUT2D eigenvalue weighted by atomic mass is 10.0. The molecule has 0 N–H and O–H groups in total. The Morgan fingerprint density at radius 2 is 1.81 bits per heavy atom. The number of amides is 3. The Bertz CT molecular complexity index is 1160. The number of aryl methyl sites for hydroxylation is 4. The summed E-state index contributed by atoms with van der Waals surface area (Å²) >= 11 is 0. The number of likely N-dealkylation sites (N-methyl/N-ethyl adjacent to an activating group) is 1. The number of hydrogen-bond acceptors (Lipinski definition) is 4. The van der Waals surface area contributed by atoms with E-state index in [1.165, 1.54) is 9.80 Å². The van der Waals surface area contributed by atoms with E-state index < -0.39 is 6.04 Å². The molecule has 1 atom stereocenters. The molecular formula is C23H29N6O2+. The van der Waals surface area contributed by atoms with Gasteiger partial charge in [0.2, 0.25) is 11.9 Å². The number of benzene rings is 1. The molecule has 0 saturated carbocycles. The van der Waals surface area contributed by atoms with Crippen LogP contribution in [0, 0.1) is 27.7 Å². The average molecular weight is 422 g/mol. The minimum Gasteiger partial charge on any atom is -0.270 e. The predicted molar refractivity (Wildman–Crippen MR) is 118 cm³/mol. The smallest absolute Gasteiger partial charge is 0.270 e. The summed E-state index contributed by atoms with van der Waals surface area (Å²) in [5.41, 5.74) is 4.91. The first-order chi connectivity index (χ1) is 14.6. The van der Waals surface area contributed by atoms with Crippen molar-refractivity contribution in [2.75, 3.05) is 7.05 Å². The zero-order chi connectivity index (χ0) is 22.6. The summed E-state index contributed by atoms with van der Waals surface area (Å²) in [5, 5.41) is 4.56. The standard InChI is InChI=1S/C23H29N6O2/c1-13(2)28-19-20(24-22(28)29-17(6)11-16(5)25-29)26(7)23(31)27(21(19)30)12-18-10-14(3)8-9-15(18)4/h8-11,13,19H,12H2,1-7H3/q+1. The summed E-state index contributed by atoms with van der Waals surface area (Å²) in [6.45, 7) is 12.1. The highest BCUT2D eigenvalue weighted by atomic mass is 16.2. The minimum absolute atomic E-state index is 0.0155. The zero-order valence-corrected chi connectivity index (χ0v) is 19.2. The quantitative estimate of drug-likeness (QED) is 0.715. The van der Waals surface area contributed by atoms with E-state index in [0.717, 1.165) is 28.1 Å². The monoisotopic (exact) mass is 421 g/mol. The summed E-state index contributed by atoms with van der Waals surface area (Å²) in [5.74, 6) is 0.763. The molecule has 1 fully saturated rings. The van der Waals surface area contributed by atoms with Gasteiger partial charge in [-0.25, -0.2) is 9.37 Å². The summed E-state index contributed by atoms with van der Waals surface area (Å²) < 4.78 is 3.71. The summed E-state index contributed by atoms with van der Waals surface area (Å²) in [4.78, 5) is 34.4. The maximum absolute atomic E-state index is 13.7. The molecule has 4 rings (SSSR count). The molecule has 2 aromatic rings. The third-order valence-electron chi connectivity index (χ3n) is 5.92. The van der Waals surface area contributed by atoms with Crippen LogP contribution in [0.5, 0.6) is 0 Å². The molecule has 2 aliphatic rings. The number of amidine groups is 1. The minimum atomic E-state index is -0.660. The topological polar surface area (TPSA) is 73.8 Å². The maximum Gasteiger partial charge on any atom is 0.421 e. The number of carbonyl (C=O) groups excluding carboxylic acids is 2. The molecule has 1 unspecified atom stereocenters. The van der Waals surface area contributed by atoms with E-state index in [0.29, 0.717) is 11.8 Å². The summed E-state index contributed by atoms with van der Waals surface area (Å²) in [6, 6.07) is 7.01. The third-order valence-corrected chi connectivity index (χ3v) is 5.92. The number of fused-ring (bicyclic) bond motifs is 1. The number of imide groups is 1. The number of aromatic nitrogens is 2. The fourth-order valence-electron chi connectivity index (χ4n) is 4.27. The molecule has 2 aliphatic heterocycles. The third kappa shape index (κ3) is 3.36. The first kappa shape index (κ1) is 21.0. The van der Waals surface area contributed by atoms with E-state index in [2.05, 4.69) is 5.10 Å². The van der Waals surface area contributed by atoms with E-state index in [1.54, 1.807) is 11.7 Å². The average Bonchev–Trinajstić information content (AvgIpc) is 3.26. The maximum atomic E-state index is 13.7. The van der Waals surface area contributed by atoms with Crippen molar-refractivity contribution in [3.63, 3.8) is 0 Å². The van der Waals surface area contributed by atoms with E-state index in [9.17, 15) is 9.59 Å². The highest BCUT2D eigenvalue weighted by molar-refractivity contribution is 6.23. The van der Waals surface area contributed by atoms with Gasteiger partial charge in [-0.3, -0.25) is 14.6 Å². The molecule has 8 nitrogen and oxygen atoms in total. The van der Waals surface area contributed by atoms with Gasteiger partial charge in [-0.1, -0.05) is 28.8 Å². The molecule has 0 aliphatic carbocycles. The lowest BCUT2D eigenvalue weighted by Gasteiger charge is -2.35. The molecule has 31 heavy (non-hydrogen) atoms. The van der Waals surface area contributed by atoms with Gasteiger partial charge in [-0.2, -0.15) is 0 Å². The van der Waals surface area contributed by atoms with Crippen LogP contribution in [-0.2, 0) is 11.3 Å². The van der Waals surface area contributed by atoms with Crippen LogP contribution in [0.2, 0.25) is 0 Å². The van der Waals surface area contributed by atoms with Gasteiger partial charge in [0.15, 0.2) is 0 Å². The van der Waals surface area contributed by atoms with Gasteiger partial charge < -0.3 is 0 Å². The van der Waals surface area contributed by atoms with Crippen molar-refractivity contribution in [1.29, 1.82) is 0 Å². The predicted octanol–water partition coefficient (Wildman–Crippen LogP) is 2.62. The lowest BCUT2D eigenvalue weighted by Crippen LogP contribution is -2.63. The first-order valence-electron chi connectivity index (χ1n) is 10.5. The Labute approximate surface area is 182 Å². The molecule has 1 aromatic carbocycles. The van der Waals surface area contributed by atoms with Gasteiger partial charge in [-0.05, 0) is 58.7 Å². The molecule has 0 spiro atoms. The molecule has 0 radical (unpaired) electrons. The lowest BCUT2D eigenvalue weighted by molar-refractivity contribution is -0.567. The van der Waals surface area contributed by atoms with Gasteiger partial charge in [0, 0.05) is 7.05 Å². The van der Waals surface area contributed by atoms with Crippen LogP contribution < -0.4 is 0 Å². The van der Waals surface area contributed by atoms with Crippen LogP contribution in [0.4, 0.5) is 4.79 Å². The van der Waals surface area contributed by atoms with Crippen molar-refractivity contribution in [3.8, 4) is 0 Å². The van der Waals surface area contributed by atoms with Crippen molar-refractivity contribution in [1.82, 2.24) is 19.6 Å².